The number of aryl methyl sites for hydroxylation is 1. The lowest BCUT2D eigenvalue weighted by molar-refractivity contribution is -0.140. The molecule has 2 heterocycles. The third-order valence-electron chi connectivity index (χ3n) is 4.52. The fraction of sp³-hybridized carbons (Fsp3) is 0.368. The molecule has 1 fully saturated rings. The smallest absolute Gasteiger partial charge is 0.323 e. The van der Waals surface area contributed by atoms with Crippen molar-refractivity contribution in [1.82, 2.24) is 4.90 Å². The summed E-state index contributed by atoms with van der Waals surface area (Å²) in [4.78, 5) is 27.8. The minimum Gasteiger partial charge on any atom is -0.480 e. The van der Waals surface area contributed by atoms with E-state index >= 15 is 0 Å². The molecule has 25 heavy (non-hydrogen) atoms. The Morgan fingerprint density at radius 1 is 1.32 bits per heavy atom. The Hall–Kier alpha value is -1.79. The van der Waals surface area contributed by atoms with Crippen LogP contribution in [-0.2, 0) is 9.59 Å². The number of carbonyl (C=O) groups excluding carboxylic acids is 1. The van der Waals surface area contributed by atoms with Crippen LogP contribution in [0.2, 0.25) is 0 Å². The van der Waals surface area contributed by atoms with Gasteiger partial charge in [-0.3, -0.25) is 9.59 Å². The van der Waals surface area contributed by atoms with E-state index in [9.17, 15) is 14.7 Å². The second-order valence-electron chi connectivity index (χ2n) is 6.64. The SMILES string of the molecule is Cc1ccc(S[C@]2(C(=O)O)CC(=O)N(C(C)C)[C@@H]2c2ccsc2)cc1. The van der Waals surface area contributed by atoms with E-state index in [1.807, 2.05) is 61.9 Å². The van der Waals surface area contributed by atoms with Crippen molar-refractivity contribution in [2.45, 2.75) is 48.9 Å². The molecule has 0 radical (unpaired) electrons. The molecule has 2 aromatic rings. The predicted octanol–water partition coefficient (Wildman–Crippen LogP) is 4.35. The van der Waals surface area contributed by atoms with Gasteiger partial charge in [0.05, 0.1) is 12.5 Å². The number of carbonyl (C=O) groups is 2. The molecule has 1 N–H and O–H groups in total. The Labute approximate surface area is 155 Å². The molecule has 0 aliphatic carbocycles. The van der Waals surface area contributed by atoms with Crippen molar-refractivity contribution in [2.24, 2.45) is 0 Å². The molecule has 4 nitrogen and oxygen atoms in total. The van der Waals surface area contributed by atoms with E-state index in [4.69, 9.17) is 0 Å². The first-order valence-corrected chi connectivity index (χ1v) is 9.93. The Kier molecular flexibility index (Phi) is 4.93. The van der Waals surface area contributed by atoms with Gasteiger partial charge in [0.25, 0.3) is 0 Å². The van der Waals surface area contributed by atoms with Crippen LogP contribution in [0, 0.1) is 6.92 Å². The summed E-state index contributed by atoms with van der Waals surface area (Å²) in [5.74, 6) is -1.04. The van der Waals surface area contributed by atoms with Crippen LogP contribution in [0.5, 0.6) is 0 Å². The molecule has 0 spiro atoms. The quantitative estimate of drug-likeness (QED) is 0.844. The van der Waals surface area contributed by atoms with Crippen molar-refractivity contribution in [3.63, 3.8) is 0 Å². The van der Waals surface area contributed by atoms with Gasteiger partial charge in [-0.25, -0.2) is 0 Å². The van der Waals surface area contributed by atoms with Crippen LogP contribution < -0.4 is 0 Å². The molecule has 6 heteroatoms. The highest BCUT2D eigenvalue weighted by Crippen LogP contribution is 2.53. The average Bonchev–Trinajstić information content (AvgIpc) is 3.15. The summed E-state index contributed by atoms with van der Waals surface area (Å²) in [6.45, 7) is 5.87. The van der Waals surface area contributed by atoms with Crippen LogP contribution >= 0.6 is 23.1 Å². The molecule has 2 atom stereocenters. The summed E-state index contributed by atoms with van der Waals surface area (Å²) in [7, 11) is 0. The van der Waals surface area contributed by atoms with E-state index in [2.05, 4.69) is 0 Å². The number of nitrogens with zero attached hydrogens (tertiary/aromatic N) is 1. The van der Waals surface area contributed by atoms with Crippen molar-refractivity contribution in [3.05, 3.63) is 52.2 Å². The number of carboxylic acids is 1. The van der Waals surface area contributed by atoms with Crippen LogP contribution in [0.25, 0.3) is 0 Å². The predicted molar refractivity (Wildman–Crippen MR) is 101 cm³/mol. The highest BCUT2D eigenvalue weighted by Gasteiger charge is 2.59. The fourth-order valence-corrected chi connectivity index (χ4v) is 5.39. The first-order chi connectivity index (χ1) is 11.8. The standard InChI is InChI=1S/C19H21NO3S2/c1-12(2)20-16(21)10-19(18(22)23,17(20)14-8-9-24-11-14)25-15-6-4-13(3)5-7-15/h4-9,11-12,17H,10H2,1-3H3,(H,22,23)/t17-,19-/m1/s1. The van der Waals surface area contributed by atoms with Crippen molar-refractivity contribution >= 4 is 35.0 Å². The highest BCUT2D eigenvalue weighted by molar-refractivity contribution is 8.01. The van der Waals surface area contributed by atoms with Crippen molar-refractivity contribution in [2.75, 3.05) is 0 Å². The van der Waals surface area contributed by atoms with E-state index in [1.54, 1.807) is 4.90 Å². The Morgan fingerprint density at radius 2 is 2.00 bits per heavy atom. The van der Waals surface area contributed by atoms with Crippen molar-refractivity contribution < 1.29 is 14.7 Å². The van der Waals surface area contributed by atoms with Crippen LogP contribution in [0.15, 0.2) is 46.0 Å². The van der Waals surface area contributed by atoms with E-state index in [0.717, 1.165) is 16.0 Å². The number of hydrogen-bond acceptors (Lipinski definition) is 4. The number of carboxylic acid groups (broad SMARTS) is 1. The number of hydrogen-bond donors (Lipinski definition) is 1. The molecule has 1 aromatic carbocycles. The van der Waals surface area contributed by atoms with Gasteiger partial charge in [0.15, 0.2) is 4.75 Å². The lowest BCUT2D eigenvalue weighted by atomic mass is 9.94. The average molecular weight is 376 g/mol. The first-order valence-electron chi connectivity index (χ1n) is 8.17. The molecule has 1 aliphatic rings. The maximum atomic E-state index is 12.7. The van der Waals surface area contributed by atoms with Gasteiger partial charge in [-0.2, -0.15) is 11.3 Å². The molecule has 1 aliphatic heterocycles. The van der Waals surface area contributed by atoms with Crippen molar-refractivity contribution in [3.8, 4) is 0 Å². The molecule has 1 aromatic heterocycles. The lowest BCUT2D eigenvalue weighted by Crippen LogP contribution is -2.43. The highest BCUT2D eigenvalue weighted by atomic mass is 32.2. The number of benzene rings is 1. The zero-order chi connectivity index (χ0) is 18.2. The molecular weight excluding hydrogens is 354 g/mol. The fourth-order valence-electron chi connectivity index (χ4n) is 3.37. The van der Waals surface area contributed by atoms with Gasteiger partial charge in [0.1, 0.15) is 0 Å². The van der Waals surface area contributed by atoms with E-state index in [1.165, 1.54) is 23.1 Å². The first kappa shape index (κ1) is 18.0. The number of likely N-dealkylation sites (tertiary alicyclic amines) is 1. The zero-order valence-corrected chi connectivity index (χ0v) is 16.1. The van der Waals surface area contributed by atoms with E-state index < -0.39 is 16.8 Å². The number of rotatable bonds is 5. The molecule has 0 saturated carbocycles. The third kappa shape index (κ3) is 3.20. The van der Waals surface area contributed by atoms with Gasteiger partial charge in [-0.1, -0.05) is 17.7 Å². The third-order valence-corrected chi connectivity index (χ3v) is 6.64. The van der Waals surface area contributed by atoms with E-state index in [0.29, 0.717) is 0 Å². The normalized spacial score (nSPS) is 23.4. The molecule has 1 amide bonds. The molecule has 0 unspecified atom stereocenters. The number of thiophene rings is 1. The topological polar surface area (TPSA) is 57.6 Å². The van der Waals surface area contributed by atoms with Crippen LogP contribution in [0.1, 0.15) is 37.4 Å². The zero-order valence-electron chi connectivity index (χ0n) is 14.4. The molecular formula is C19H21NO3S2. The van der Waals surface area contributed by atoms with Crippen LogP contribution in [0.4, 0.5) is 0 Å². The second-order valence-corrected chi connectivity index (χ2v) is 8.82. The van der Waals surface area contributed by atoms with Gasteiger partial charge in [0, 0.05) is 10.9 Å². The van der Waals surface area contributed by atoms with Crippen molar-refractivity contribution in [1.29, 1.82) is 0 Å². The summed E-state index contributed by atoms with van der Waals surface area (Å²) in [5, 5.41) is 14.1. The summed E-state index contributed by atoms with van der Waals surface area (Å²) < 4.78 is -1.22. The summed E-state index contributed by atoms with van der Waals surface area (Å²) in [6.07, 6.45) is -0.000427. The minimum atomic E-state index is -1.22. The Morgan fingerprint density at radius 3 is 2.52 bits per heavy atom. The monoisotopic (exact) mass is 375 g/mol. The van der Waals surface area contributed by atoms with Gasteiger partial charge in [-0.15, -0.1) is 11.8 Å². The maximum absolute atomic E-state index is 12.7. The summed E-state index contributed by atoms with van der Waals surface area (Å²) in [6, 6.07) is 9.18. The molecule has 132 valence electrons. The largest absolute Gasteiger partial charge is 0.480 e. The van der Waals surface area contributed by atoms with Gasteiger partial charge in [-0.05, 0) is 55.3 Å². The van der Waals surface area contributed by atoms with E-state index in [-0.39, 0.29) is 18.4 Å². The summed E-state index contributed by atoms with van der Waals surface area (Å²) >= 11 is 2.81. The Bertz CT molecular complexity index is 770. The number of amides is 1. The minimum absolute atomic E-state index is 0.000427. The maximum Gasteiger partial charge on any atom is 0.323 e. The van der Waals surface area contributed by atoms with Crippen LogP contribution in [0.3, 0.4) is 0 Å². The molecule has 0 bridgehead atoms. The molecule has 1 saturated heterocycles. The van der Waals surface area contributed by atoms with Gasteiger partial charge < -0.3 is 10.0 Å². The number of thioether (sulfide) groups is 1. The van der Waals surface area contributed by atoms with Gasteiger partial charge >= 0.3 is 5.97 Å². The lowest BCUT2D eigenvalue weighted by Gasteiger charge is -2.36. The van der Waals surface area contributed by atoms with Gasteiger partial charge in [0.2, 0.25) is 5.91 Å². The van der Waals surface area contributed by atoms with Crippen LogP contribution in [-0.4, -0.2) is 32.7 Å². The second kappa shape index (κ2) is 6.84. The molecule has 3 rings (SSSR count). The summed E-state index contributed by atoms with van der Waals surface area (Å²) in [5.41, 5.74) is 2.01. The Balaban J connectivity index is 2.10. The number of aliphatic carboxylic acids is 1.